The molecule has 1 unspecified atom stereocenters. The third kappa shape index (κ3) is 14.0. The summed E-state index contributed by atoms with van der Waals surface area (Å²) in [6.07, 6.45) is 15.5. The summed E-state index contributed by atoms with van der Waals surface area (Å²) in [4.78, 5) is 0. The van der Waals surface area contributed by atoms with E-state index in [2.05, 4.69) is 19.2 Å². The molecular formula is C16H36N2. The molecular weight excluding hydrogens is 220 g/mol. The molecule has 0 aliphatic carbocycles. The first-order valence-electron chi connectivity index (χ1n) is 8.24. The van der Waals surface area contributed by atoms with Crippen molar-refractivity contribution in [3.8, 4) is 0 Å². The predicted molar refractivity (Wildman–Crippen MR) is 83.0 cm³/mol. The Morgan fingerprint density at radius 3 is 1.83 bits per heavy atom. The van der Waals surface area contributed by atoms with Crippen LogP contribution in [-0.4, -0.2) is 19.1 Å². The van der Waals surface area contributed by atoms with Gasteiger partial charge in [0.05, 0.1) is 0 Å². The van der Waals surface area contributed by atoms with Gasteiger partial charge in [-0.3, -0.25) is 0 Å². The molecule has 0 aliphatic rings. The first-order valence-corrected chi connectivity index (χ1v) is 8.24. The maximum absolute atomic E-state index is 5.47. The fourth-order valence-corrected chi connectivity index (χ4v) is 2.37. The van der Waals surface area contributed by atoms with Crippen LogP contribution >= 0.6 is 0 Å². The van der Waals surface area contributed by atoms with Crippen LogP contribution in [0, 0.1) is 0 Å². The van der Waals surface area contributed by atoms with E-state index in [1.807, 2.05) is 0 Å². The summed E-state index contributed by atoms with van der Waals surface area (Å²) in [6.45, 7) is 6.26. The van der Waals surface area contributed by atoms with E-state index in [1.165, 1.54) is 70.6 Å². The number of hydrogen-bond donors (Lipinski definition) is 2. The molecule has 0 fully saturated rings. The Kier molecular flexibility index (Phi) is 14.9. The van der Waals surface area contributed by atoms with Crippen LogP contribution in [0.3, 0.4) is 0 Å². The molecule has 2 nitrogen and oxygen atoms in total. The minimum Gasteiger partial charge on any atom is -0.329 e. The lowest BCUT2D eigenvalue weighted by atomic mass is 10.0. The van der Waals surface area contributed by atoms with Crippen molar-refractivity contribution >= 4 is 0 Å². The summed E-state index contributed by atoms with van der Waals surface area (Å²) < 4.78 is 0. The lowest BCUT2D eigenvalue weighted by molar-refractivity contribution is 0.480. The minimum atomic E-state index is 0.641. The van der Waals surface area contributed by atoms with Gasteiger partial charge in [-0.1, -0.05) is 71.1 Å². The van der Waals surface area contributed by atoms with Crippen LogP contribution in [0.4, 0.5) is 0 Å². The normalized spacial score (nSPS) is 12.8. The molecule has 0 rings (SSSR count). The lowest BCUT2D eigenvalue weighted by Crippen LogP contribution is -2.30. The number of rotatable bonds is 14. The molecule has 0 saturated heterocycles. The van der Waals surface area contributed by atoms with Gasteiger partial charge in [0, 0.05) is 19.1 Å². The maximum Gasteiger partial charge on any atom is 0.00769 e. The Balaban J connectivity index is 3.02. The van der Waals surface area contributed by atoms with E-state index in [1.54, 1.807) is 0 Å². The smallest absolute Gasteiger partial charge is 0.00769 e. The van der Waals surface area contributed by atoms with E-state index in [9.17, 15) is 0 Å². The summed E-state index contributed by atoms with van der Waals surface area (Å²) in [6, 6.07) is 0.641. The van der Waals surface area contributed by atoms with Crippen LogP contribution in [0.5, 0.6) is 0 Å². The zero-order valence-corrected chi connectivity index (χ0v) is 12.8. The van der Waals surface area contributed by atoms with E-state index in [4.69, 9.17) is 5.73 Å². The van der Waals surface area contributed by atoms with Gasteiger partial charge in [0.1, 0.15) is 0 Å². The second-order valence-corrected chi connectivity index (χ2v) is 5.61. The quantitative estimate of drug-likeness (QED) is 0.456. The van der Waals surface area contributed by atoms with Crippen molar-refractivity contribution in [2.24, 2.45) is 5.73 Å². The molecule has 0 heterocycles. The standard InChI is InChI=1S/C16H36N2/c1-3-4-5-6-7-8-9-10-11-12-13-16(2)18-15-14-17/h16,18H,3-15,17H2,1-2H3. The van der Waals surface area contributed by atoms with Crippen molar-refractivity contribution in [3.05, 3.63) is 0 Å². The van der Waals surface area contributed by atoms with E-state index >= 15 is 0 Å². The van der Waals surface area contributed by atoms with Gasteiger partial charge in [0.15, 0.2) is 0 Å². The van der Waals surface area contributed by atoms with Gasteiger partial charge in [0.2, 0.25) is 0 Å². The highest BCUT2D eigenvalue weighted by Crippen LogP contribution is 2.11. The topological polar surface area (TPSA) is 38.0 Å². The van der Waals surface area contributed by atoms with Gasteiger partial charge in [-0.15, -0.1) is 0 Å². The third-order valence-corrected chi connectivity index (χ3v) is 3.63. The van der Waals surface area contributed by atoms with Gasteiger partial charge < -0.3 is 11.1 Å². The molecule has 0 aromatic heterocycles. The van der Waals surface area contributed by atoms with Crippen molar-refractivity contribution in [1.29, 1.82) is 0 Å². The predicted octanol–water partition coefficient (Wildman–Crippen LogP) is 4.23. The first-order chi connectivity index (χ1) is 8.81. The molecule has 0 saturated carbocycles. The van der Waals surface area contributed by atoms with Crippen molar-refractivity contribution < 1.29 is 0 Å². The Morgan fingerprint density at radius 2 is 1.33 bits per heavy atom. The Bertz CT molecular complexity index is 148. The van der Waals surface area contributed by atoms with Gasteiger partial charge in [-0.2, -0.15) is 0 Å². The zero-order chi connectivity index (χ0) is 13.5. The first kappa shape index (κ1) is 17.9. The molecule has 2 heteroatoms. The average molecular weight is 256 g/mol. The van der Waals surface area contributed by atoms with E-state index in [-0.39, 0.29) is 0 Å². The second-order valence-electron chi connectivity index (χ2n) is 5.61. The van der Waals surface area contributed by atoms with E-state index < -0.39 is 0 Å². The highest BCUT2D eigenvalue weighted by atomic mass is 14.9. The molecule has 0 aromatic carbocycles. The molecule has 0 spiro atoms. The number of hydrogen-bond acceptors (Lipinski definition) is 2. The van der Waals surface area contributed by atoms with Crippen molar-refractivity contribution in [2.75, 3.05) is 13.1 Å². The highest BCUT2D eigenvalue weighted by molar-refractivity contribution is 4.60. The molecule has 3 N–H and O–H groups in total. The fourth-order valence-electron chi connectivity index (χ4n) is 2.37. The van der Waals surface area contributed by atoms with Gasteiger partial charge >= 0.3 is 0 Å². The van der Waals surface area contributed by atoms with Gasteiger partial charge in [-0.05, 0) is 13.3 Å². The highest BCUT2D eigenvalue weighted by Gasteiger charge is 1.99. The van der Waals surface area contributed by atoms with Crippen LogP contribution < -0.4 is 11.1 Å². The number of nitrogens with two attached hydrogens (primary N) is 1. The van der Waals surface area contributed by atoms with Crippen LogP contribution in [0.15, 0.2) is 0 Å². The van der Waals surface area contributed by atoms with Gasteiger partial charge in [-0.25, -0.2) is 0 Å². The summed E-state index contributed by atoms with van der Waals surface area (Å²) >= 11 is 0. The van der Waals surface area contributed by atoms with E-state index in [0.717, 1.165) is 13.1 Å². The van der Waals surface area contributed by atoms with Gasteiger partial charge in [0.25, 0.3) is 0 Å². The number of nitrogens with one attached hydrogen (secondary N) is 1. The summed E-state index contributed by atoms with van der Waals surface area (Å²) in [5.74, 6) is 0. The summed E-state index contributed by atoms with van der Waals surface area (Å²) in [7, 11) is 0. The largest absolute Gasteiger partial charge is 0.329 e. The van der Waals surface area contributed by atoms with Crippen LogP contribution in [0.25, 0.3) is 0 Å². The SMILES string of the molecule is CCCCCCCCCCCCC(C)NCCN. The molecule has 0 aromatic rings. The minimum absolute atomic E-state index is 0.641. The van der Waals surface area contributed by atoms with Crippen molar-refractivity contribution in [1.82, 2.24) is 5.32 Å². The maximum atomic E-state index is 5.47. The molecule has 0 radical (unpaired) electrons. The molecule has 0 amide bonds. The Labute approximate surface area is 115 Å². The van der Waals surface area contributed by atoms with Crippen molar-refractivity contribution in [2.45, 2.75) is 90.5 Å². The van der Waals surface area contributed by atoms with Crippen LogP contribution in [-0.2, 0) is 0 Å². The molecule has 18 heavy (non-hydrogen) atoms. The average Bonchev–Trinajstić information content (AvgIpc) is 2.38. The fraction of sp³-hybridized carbons (Fsp3) is 1.00. The molecule has 0 aliphatic heterocycles. The molecule has 0 bridgehead atoms. The third-order valence-electron chi connectivity index (χ3n) is 3.63. The number of unbranched alkanes of at least 4 members (excludes halogenated alkanes) is 9. The zero-order valence-electron chi connectivity index (χ0n) is 12.8. The second kappa shape index (κ2) is 15.0. The molecule has 1 atom stereocenters. The Hall–Kier alpha value is -0.0800. The lowest BCUT2D eigenvalue weighted by Gasteiger charge is -2.12. The van der Waals surface area contributed by atoms with E-state index in [0.29, 0.717) is 6.04 Å². The molecule has 110 valence electrons. The van der Waals surface area contributed by atoms with Crippen molar-refractivity contribution in [3.63, 3.8) is 0 Å². The summed E-state index contributed by atoms with van der Waals surface area (Å²) in [5, 5.41) is 3.44. The summed E-state index contributed by atoms with van der Waals surface area (Å²) in [5.41, 5.74) is 5.47. The monoisotopic (exact) mass is 256 g/mol. The Morgan fingerprint density at radius 1 is 0.833 bits per heavy atom. The van der Waals surface area contributed by atoms with Crippen LogP contribution in [0.2, 0.25) is 0 Å². The van der Waals surface area contributed by atoms with Crippen LogP contribution in [0.1, 0.15) is 84.5 Å².